The van der Waals surface area contributed by atoms with Crippen molar-refractivity contribution in [2.24, 2.45) is 0 Å². The Bertz CT molecular complexity index is 780. The first-order valence-corrected chi connectivity index (χ1v) is 9.04. The Balaban J connectivity index is 2.02. The molecular formula is C14H16N4O3S2. The molecule has 0 fully saturated rings. The lowest BCUT2D eigenvalue weighted by molar-refractivity contribution is -0.113. The highest BCUT2D eigenvalue weighted by Gasteiger charge is 2.17. The van der Waals surface area contributed by atoms with Gasteiger partial charge in [-0.15, -0.1) is 0 Å². The van der Waals surface area contributed by atoms with E-state index in [1.165, 1.54) is 38.0 Å². The van der Waals surface area contributed by atoms with E-state index in [2.05, 4.69) is 15.3 Å². The van der Waals surface area contributed by atoms with Gasteiger partial charge in [-0.25, -0.2) is 22.7 Å². The monoisotopic (exact) mass is 352 g/mol. The Morgan fingerprint density at radius 2 is 1.91 bits per heavy atom. The summed E-state index contributed by atoms with van der Waals surface area (Å²) in [6.07, 6.45) is 3.20. The number of hydrogen-bond acceptors (Lipinski definition) is 6. The van der Waals surface area contributed by atoms with E-state index in [1.54, 1.807) is 30.6 Å². The second-order valence-electron chi connectivity index (χ2n) is 4.68. The Kier molecular flexibility index (Phi) is 5.69. The van der Waals surface area contributed by atoms with Crippen molar-refractivity contribution in [3.05, 3.63) is 42.7 Å². The van der Waals surface area contributed by atoms with Crippen molar-refractivity contribution in [3.63, 3.8) is 0 Å². The quantitative estimate of drug-likeness (QED) is 0.625. The molecule has 122 valence electrons. The standard InChI is InChI=1S/C14H16N4O3S2/c1-18(2)23(20,21)12-6-3-5-11(9-12)17-13(19)10-22-14-15-7-4-8-16-14/h3-9H,10H2,1-2H3,(H,17,19). The molecule has 23 heavy (non-hydrogen) atoms. The number of hydrogen-bond donors (Lipinski definition) is 1. The molecule has 0 radical (unpaired) electrons. The zero-order valence-electron chi connectivity index (χ0n) is 12.6. The van der Waals surface area contributed by atoms with Crippen LogP contribution in [0.25, 0.3) is 0 Å². The third kappa shape index (κ3) is 4.75. The summed E-state index contributed by atoms with van der Waals surface area (Å²) in [7, 11) is -0.623. The molecule has 1 N–H and O–H groups in total. The number of anilines is 1. The van der Waals surface area contributed by atoms with E-state index >= 15 is 0 Å². The normalized spacial score (nSPS) is 11.4. The third-order valence-electron chi connectivity index (χ3n) is 2.77. The largest absolute Gasteiger partial charge is 0.325 e. The number of rotatable bonds is 6. The molecule has 7 nitrogen and oxygen atoms in total. The van der Waals surface area contributed by atoms with Crippen molar-refractivity contribution < 1.29 is 13.2 Å². The minimum Gasteiger partial charge on any atom is -0.325 e. The summed E-state index contributed by atoms with van der Waals surface area (Å²) in [6, 6.07) is 7.82. The van der Waals surface area contributed by atoms with Crippen LogP contribution in [0.15, 0.2) is 52.8 Å². The molecule has 1 heterocycles. The van der Waals surface area contributed by atoms with Crippen molar-refractivity contribution in [1.29, 1.82) is 0 Å². The van der Waals surface area contributed by atoms with E-state index in [-0.39, 0.29) is 16.6 Å². The summed E-state index contributed by atoms with van der Waals surface area (Å²) < 4.78 is 25.3. The second kappa shape index (κ2) is 7.53. The van der Waals surface area contributed by atoms with Crippen molar-refractivity contribution in [2.45, 2.75) is 10.1 Å². The number of benzene rings is 1. The molecule has 1 aromatic carbocycles. The highest BCUT2D eigenvalue weighted by molar-refractivity contribution is 7.99. The highest BCUT2D eigenvalue weighted by Crippen LogP contribution is 2.18. The van der Waals surface area contributed by atoms with Gasteiger partial charge in [0.1, 0.15) is 0 Å². The Morgan fingerprint density at radius 1 is 1.22 bits per heavy atom. The van der Waals surface area contributed by atoms with Crippen LogP contribution in [0.3, 0.4) is 0 Å². The number of thioether (sulfide) groups is 1. The predicted octanol–water partition coefficient (Wildman–Crippen LogP) is 1.46. The summed E-state index contributed by atoms with van der Waals surface area (Å²) in [6.45, 7) is 0. The van der Waals surface area contributed by atoms with Crippen LogP contribution in [0.1, 0.15) is 0 Å². The van der Waals surface area contributed by atoms with Gasteiger partial charge in [-0.05, 0) is 24.3 Å². The average molecular weight is 352 g/mol. The Hall–Kier alpha value is -1.97. The molecular weight excluding hydrogens is 336 g/mol. The summed E-state index contributed by atoms with van der Waals surface area (Å²) in [5, 5.41) is 3.17. The fourth-order valence-corrected chi connectivity index (χ4v) is 3.18. The molecule has 0 unspecified atom stereocenters. The maximum atomic E-state index is 12.1. The molecule has 1 aromatic heterocycles. The summed E-state index contributed by atoms with van der Waals surface area (Å²) in [4.78, 5) is 20.1. The summed E-state index contributed by atoms with van der Waals surface area (Å²) in [5.41, 5.74) is 0.424. The minimum absolute atomic E-state index is 0.124. The van der Waals surface area contributed by atoms with Gasteiger partial charge in [0.15, 0.2) is 5.16 Å². The molecule has 9 heteroatoms. The van der Waals surface area contributed by atoms with E-state index in [9.17, 15) is 13.2 Å². The van der Waals surface area contributed by atoms with Gasteiger partial charge in [-0.1, -0.05) is 17.8 Å². The van der Waals surface area contributed by atoms with Gasteiger partial charge in [0, 0.05) is 32.2 Å². The molecule has 0 aliphatic rings. The first-order valence-electron chi connectivity index (χ1n) is 6.62. The number of sulfonamides is 1. The molecule has 0 atom stereocenters. The molecule has 0 aliphatic heterocycles. The van der Waals surface area contributed by atoms with Crippen molar-refractivity contribution >= 4 is 33.4 Å². The third-order valence-corrected chi connectivity index (χ3v) is 5.46. The predicted molar refractivity (Wildman–Crippen MR) is 88.7 cm³/mol. The summed E-state index contributed by atoms with van der Waals surface area (Å²) >= 11 is 1.20. The van der Waals surface area contributed by atoms with Crippen LogP contribution >= 0.6 is 11.8 Å². The van der Waals surface area contributed by atoms with Crippen molar-refractivity contribution in [3.8, 4) is 0 Å². The smallest absolute Gasteiger partial charge is 0.242 e. The lowest BCUT2D eigenvalue weighted by Crippen LogP contribution is -2.22. The average Bonchev–Trinajstić information content (AvgIpc) is 2.54. The zero-order valence-corrected chi connectivity index (χ0v) is 14.3. The number of carbonyl (C=O) groups is 1. The van der Waals surface area contributed by atoms with Crippen LogP contribution in [0.4, 0.5) is 5.69 Å². The maximum absolute atomic E-state index is 12.1. The molecule has 0 spiro atoms. The van der Waals surface area contributed by atoms with Gasteiger partial charge in [0.2, 0.25) is 15.9 Å². The van der Waals surface area contributed by atoms with Crippen molar-refractivity contribution in [1.82, 2.24) is 14.3 Å². The van der Waals surface area contributed by atoms with E-state index < -0.39 is 10.0 Å². The Morgan fingerprint density at radius 3 is 2.57 bits per heavy atom. The fourth-order valence-electron chi connectivity index (χ4n) is 1.63. The SMILES string of the molecule is CN(C)S(=O)(=O)c1cccc(NC(=O)CSc2ncccn2)c1. The molecule has 2 rings (SSSR count). The number of nitrogens with zero attached hydrogens (tertiary/aromatic N) is 3. The Labute approximate surface area is 139 Å². The van der Waals surface area contributed by atoms with Crippen LogP contribution < -0.4 is 5.32 Å². The van der Waals surface area contributed by atoms with Crippen LogP contribution in [0, 0.1) is 0 Å². The van der Waals surface area contributed by atoms with Gasteiger partial charge in [0.25, 0.3) is 0 Å². The first kappa shape index (κ1) is 17.4. The first-order chi connectivity index (χ1) is 10.9. The van der Waals surface area contributed by atoms with Crippen LogP contribution in [0.2, 0.25) is 0 Å². The van der Waals surface area contributed by atoms with Crippen molar-refractivity contribution in [2.75, 3.05) is 25.2 Å². The van der Waals surface area contributed by atoms with Crippen LogP contribution in [0.5, 0.6) is 0 Å². The van der Waals surface area contributed by atoms with E-state index in [0.29, 0.717) is 10.8 Å². The number of nitrogens with one attached hydrogen (secondary N) is 1. The number of amides is 1. The van der Waals surface area contributed by atoms with Gasteiger partial charge < -0.3 is 5.32 Å². The maximum Gasteiger partial charge on any atom is 0.242 e. The topological polar surface area (TPSA) is 92.3 Å². The van der Waals surface area contributed by atoms with Crippen LogP contribution in [-0.2, 0) is 14.8 Å². The van der Waals surface area contributed by atoms with E-state index in [1.807, 2.05) is 0 Å². The molecule has 1 amide bonds. The van der Waals surface area contributed by atoms with Gasteiger partial charge in [-0.3, -0.25) is 4.79 Å². The molecule has 0 bridgehead atoms. The second-order valence-corrected chi connectivity index (χ2v) is 7.78. The van der Waals surface area contributed by atoms with Gasteiger partial charge in [0.05, 0.1) is 10.6 Å². The highest BCUT2D eigenvalue weighted by atomic mass is 32.2. The molecule has 0 saturated heterocycles. The molecule has 2 aromatic rings. The molecule has 0 saturated carbocycles. The van der Waals surface area contributed by atoms with E-state index in [4.69, 9.17) is 0 Å². The number of aromatic nitrogens is 2. The minimum atomic E-state index is -3.53. The van der Waals surface area contributed by atoms with E-state index in [0.717, 1.165) is 4.31 Å². The summed E-state index contributed by atoms with van der Waals surface area (Å²) in [5.74, 6) is -0.129. The zero-order chi connectivity index (χ0) is 16.9. The van der Waals surface area contributed by atoms with Gasteiger partial charge in [-0.2, -0.15) is 0 Å². The number of carbonyl (C=O) groups excluding carboxylic acids is 1. The van der Waals surface area contributed by atoms with Gasteiger partial charge >= 0.3 is 0 Å². The lowest BCUT2D eigenvalue weighted by Gasteiger charge is -2.12. The lowest BCUT2D eigenvalue weighted by atomic mass is 10.3. The molecule has 0 aliphatic carbocycles. The van der Waals surface area contributed by atoms with Crippen LogP contribution in [-0.4, -0.2) is 48.4 Å². The fraction of sp³-hybridized carbons (Fsp3) is 0.214.